The molecule has 0 unspecified atom stereocenters. The van der Waals surface area contributed by atoms with Crippen LogP contribution in [0.15, 0.2) is 48.5 Å². The van der Waals surface area contributed by atoms with E-state index in [0.717, 1.165) is 0 Å². The fourth-order valence-electron chi connectivity index (χ4n) is 2.12. The minimum atomic E-state index is 1.30. The average Bonchev–Trinajstić information content (AvgIpc) is 2.67. The van der Waals surface area contributed by atoms with Gasteiger partial charge in [0.05, 0.1) is 0 Å². The number of para-hydroxylation sites is 2. The molecule has 0 amide bonds. The van der Waals surface area contributed by atoms with Gasteiger partial charge in [-0.15, -0.1) is 0 Å². The molecule has 0 fully saturated rings. The molecule has 1 aromatic heterocycles. The SMILES string of the molecule is CS.Cn1c2ccccc2c2ccccc21. The maximum absolute atomic E-state index is 3.53. The monoisotopic (exact) mass is 229 g/mol. The van der Waals surface area contributed by atoms with Gasteiger partial charge >= 0.3 is 0 Å². The van der Waals surface area contributed by atoms with Gasteiger partial charge in [0, 0.05) is 28.9 Å². The summed E-state index contributed by atoms with van der Waals surface area (Å²) in [5.41, 5.74) is 2.60. The van der Waals surface area contributed by atoms with E-state index in [9.17, 15) is 0 Å². The fraction of sp³-hybridized carbons (Fsp3) is 0.143. The standard InChI is InChI=1S/C13H11N.CH4S/c1-14-12-8-4-2-6-10(12)11-7-3-5-9-13(11)14;1-2/h2-9H,1H3;2H,1H3. The maximum atomic E-state index is 3.53. The number of hydrogen-bond acceptors (Lipinski definition) is 1. The lowest BCUT2D eigenvalue weighted by atomic mass is 10.2. The third kappa shape index (κ3) is 1.59. The van der Waals surface area contributed by atoms with Crippen LogP contribution >= 0.6 is 12.6 Å². The lowest BCUT2D eigenvalue weighted by Crippen LogP contribution is -1.84. The van der Waals surface area contributed by atoms with E-state index in [4.69, 9.17) is 0 Å². The van der Waals surface area contributed by atoms with Gasteiger partial charge in [0.2, 0.25) is 0 Å². The largest absolute Gasteiger partial charge is 0.344 e. The van der Waals surface area contributed by atoms with Crippen molar-refractivity contribution in [2.24, 2.45) is 7.05 Å². The van der Waals surface area contributed by atoms with Crippen molar-refractivity contribution >= 4 is 34.4 Å². The summed E-state index contributed by atoms with van der Waals surface area (Å²) in [6.45, 7) is 0. The molecule has 0 spiro atoms. The minimum Gasteiger partial charge on any atom is -0.344 e. The van der Waals surface area contributed by atoms with Crippen LogP contribution in [0.1, 0.15) is 0 Å². The highest BCUT2D eigenvalue weighted by molar-refractivity contribution is 7.79. The zero-order chi connectivity index (χ0) is 11.5. The summed E-state index contributed by atoms with van der Waals surface area (Å²) in [5.74, 6) is 0. The normalized spacial score (nSPS) is 10.2. The van der Waals surface area contributed by atoms with Crippen molar-refractivity contribution in [1.29, 1.82) is 0 Å². The number of thiol groups is 1. The van der Waals surface area contributed by atoms with Crippen LogP contribution in [0.4, 0.5) is 0 Å². The molecule has 3 rings (SSSR count). The molecule has 0 atom stereocenters. The second kappa shape index (κ2) is 4.62. The molecule has 0 aliphatic rings. The Bertz CT molecular complexity index is 557. The van der Waals surface area contributed by atoms with Crippen LogP contribution in [0.2, 0.25) is 0 Å². The second-order valence-electron chi connectivity index (χ2n) is 3.59. The summed E-state index contributed by atoms with van der Waals surface area (Å²) in [5, 5.41) is 2.68. The van der Waals surface area contributed by atoms with Gasteiger partial charge in [0.1, 0.15) is 0 Å². The number of aromatic nitrogens is 1. The lowest BCUT2D eigenvalue weighted by molar-refractivity contribution is 1.01. The van der Waals surface area contributed by atoms with E-state index >= 15 is 0 Å². The molecule has 0 aliphatic carbocycles. The molecule has 0 radical (unpaired) electrons. The molecule has 0 aliphatic heterocycles. The summed E-state index contributed by atoms with van der Waals surface area (Å²) in [6.07, 6.45) is 1.69. The van der Waals surface area contributed by atoms with Gasteiger partial charge in [-0.2, -0.15) is 12.6 Å². The average molecular weight is 229 g/mol. The van der Waals surface area contributed by atoms with E-state index in [1.54, 1.807) is 6.26 Å². The molecule has 0 saturated carbocycles. The first-order chi connectivity index (χ1) is 7.88. The van der Waals surface area contributed by atoms with E-state index in [2.05, 4.69) is 72.8 Å². The highest BCUT2D eigenvalue weighted by Crippen LogP contribution is 2.26. The molecule has 1 nitrogen and oxygen atoms in total. The van der Waals surface area contributed by atoms with Gasteiger partial charge < -0.3 is 4.57 Å². The Morgan fingerprint density at radius 1 is 0.750 bits per heavy atom. The van der Waals surface area contributed by atoms with Crippen LogP contribution in [-0.2, 0) is 7.05 Å². The summed E-state index contributed by atoms with van der Waals surface area (Å²) in [6, 6.07) is 17.0. The number of nitrogens with zero attached hydrogens (tertiary/aromatic N) is 1. The molecular weight excluding hydrogens is 214 g/mol. The molecule has 0 N–H and O–H groups in total. The molecule has 2 heteroatoms. The predicted octanol–water partition coefficient (Wildman–Crippen LogP) is 3.88. The maximum Gasteiger partial charge on any atom is 0.0488 e. The Morgan fingerprint density at radius 3 is 1.56 bits per heavy atom. The van der Waals surface area contributed by atoms with Crippen molar-refractivity contribution in [3.05, 3.63) is 48.5 Å². The summed E-state index contributed by atoms with van der Waals surface area (Å²) < 4.78 is 2.24. The smallest absolute Gasteiger partial charge is 0.0488 e. The van der Waals surface area contributed by atoms with Gasteiger partial charge in [-0.25, -0.2) is 0 Å². The second-order valence-corrected chi connectivity index (χ2v) is 3.59. The lowest BCUT2D eigenvalue weighted by Gasteiger charge is -1.95. The van der Waals surface area contributed by atoms with Crippen LogP contribution in [0.3, 0.4) is 0 Å². The first-order valence-electron chi connectivity index (χ1n) is 5.25. The van der Waals surface area contributed by atoms with Gasteiger partial charge in [0.25, 0.3) is 0 Å². The molecule has 2 aromatic carbocycles. The minimum absolute atomic E-state index is 1.30. The van der Waals surface area contributed by atoms with Gasteiger partial charge in [-0.1, -0.05) is 36.4 Å². The zero-order valence-electron chi connectivity index (χ0n) is 9.51. The number of rotatable bonds is 0. The molecule has 3 aromatic rings. The Kier molecular flexibility index (Phi) is 3.20. The van der Waals surface area contributed by atoms with Gasteiger partial charge in [-0.05, 0) is 18.4 Å². The van der Waals surface area contributed by atoms with Crippen LogP contribution in [-0.4, -0.2) is 10.8 Å². The van der Waals surface area contributed by atoms with E-state index in [0.29, 0.717) is 0 Å². The van der Waals surface area contributed by atoms with Crippen LogP contribution in [0.25, 0.3) is 21.8 Å². The predicted molar refractivity (Wildman–Crippen MR) is 75.3 cm³/mol. The summed E-state index contributed by atoms with van der Waals surface area (Å²) >= 11 is 3.53. The van der Waals surface area contributed by atoms with Crippen molar-refractivity contribution < 1.29 is 0 Å². The zero-order valence-corrected chi connectivity index (χ0v) is 10.4. The van der Waals surface area contributed by atoms with E-state index in [-0.39, 0.29) is 0 Å². The van der Waals surface area contributed by atoms with E-state index in [1.165, 1.54) is 21.8 Å². The third-order valence-electron chi connectivity index (χ3n) is 2.82. The van der Waals surface area contributed by atoms with Crippen LogP contribution in [0.5, 0.6) is 0 Å². The van der Waals surface area contributed by atoms with Crippen LogP contribution < -0.4 is 0 Å². The first-order valence-corrected chi connectivity index (χ1v) is 6.14. The third-order valence-corrected chi connectivity index (χ3v) is 2.82. The quantitative estimate of drug-likeness (QED) is 0.558. The highest BCUT2D eigenvalue weighted by atomic mass is 32.1. The summed E-state index contributed by atoms with van der Waals surface area (Å²) in [7, 11) is 2.12. The molecule has 16 heavy (non-hydrogen) atoms. The molecule has 0 bridgehead atoms. The number of aryl methyl sites for hydroxylation is 1. The van der Waals surface area contributed by atoms with Crippen molar-refractivity contribution in [3.8, 4) is 0 Å². The number of hydrogen-bond donors (Lipinski definition) is 1. The Morgan fingerprint density at radius 2 is 1.12 bits per heavy atom. The van der Waals surface area contributed by atoms with Gasteiger partial charge in [0.15, 0.2) is 0 Å². The molecular formula is C14H15NS. The Hall–Kier alpha value is -1.41. The molecule has 82 valence electrons. The first kappa shape index (κ1) is 11.1. The van der Waals surface area contributed by atoms with Crippen molar-refractivity contribution in [3.63, 3.8) is 0 Å². The highest BCUT2D eigenvalue weighted by Gasteiger charge is 2.04. The fourth-order valence-corrected chi connectivity index (χ4v) is 2.12. The molecule has 1 heterocycles. The van der Waals surface area contributed by atoms with E-state index < -0.39 is 0 Å². The van der Waals surface area contributed by atoms with Crippen molar-refractivity contribution in [2.75, 3.05) is 6.26 Å². The van der Waals surface area contributed by atoms with Crippen molar-refractivity contribution in [2.45, 2.75) is 0 Å². The number of fused-ring (bicyclic) bond motifs is 3. The van der Waals surface area contributed by atoms with E-state index in [1.807, 2.05) is 0 Å². The summed E-state index contributed by atoms with van der Waals surface area (Å²) in [4.78, 5) is 0. The Labute approximate surface area is 101 Å². The molecule has 0 saturated heterocycles. The number of benzene rings is 2. The van der Waals surface area contributed by atoms with Crippen molar-refractivity contribution in [1.82, 2.24) is 4.57 Å². The Balaban J connectivity index is 0.000000457. The topological polar surface area (TPSA) is 4.93 Å². The van der Waals surface area contributed by atoms with Gasteiger partial charge in [-0.3, -0.25) is 0 Å². The van der Waals surface area contributed by atoms with Crippen LogP contribution in [0, 0.1) is 0 Å².